The highest BCUT2D eigenvalue weighted by Gasteiger charge is 2.14. The van der Waals surface area contributed by atoms with Gasteiger partial charge in [-0.15, -0.1) is 0 Å². The van der Waals surface area contributed by atoms with E-state index in [-0.39, 0.29) is 0 Å². The predicted octanol–water partition coefficient (Wildman–Crippen LogP) is 3.37. The van der Waals surface area contributed by atoms with Crippen LogP contribution in [0.15, 0.2) is 42.7 Å². The predicted molar refractivity (Wildman–Crippen MR) is 99.7 cm³/mol. The Kier molecular flexibility index (Phi) is 3.81. The fourth-order valence-electron chi connectivity index (χ4n) is 3.38. The van der Waals surface area contributed by atoms with E-state index in [9.17, 15) is 5.11 Å². The van der Waals surface area contributed by atoms with Gasteiger partial charge in [-0.2, -0.15) is 0 Å². The number of aliphatic hydroxyl groups excluding tert-OH is 1. The molecule has 0 radical (unpaired) electrons. The van der Waals surface area contributed by atoms with Crippen molar-refractivity contribution in [3.05, 3.63) is 59.7 Å². The van der Waals surface area contributed by atoms with Crippen molar-refractivity contribution in [2.45, 2.75) is 40.0 Å². The van der Waals surface area contributed by atoms with Gasteiger partial charge in [0.05, 0.1) is 47.6 Å². The van der Waals surface area contributed by atoms with Gasteiger partial charge in [-0.3, -0.25) is 0 Å². The van der Waals surface area contributed by atoms with Crippen molar-refractivity contribution < 1.29 is 5.11 Å². The average Bonchev–Trinajstić information content (AvgIpc) is 3.10. The van der Waals surface area contributed by atoms with Crippen molar-refractivity contribution >= 4 is 22.1 Å². The third-order valence-electron chi connectivity index (χ3n) is 4.88. The fourth-order valence-corrected chi connectivity index (χ4v) is 3.38. The van der Waals surface area contributed by atoms with Crippen molar-refractivity contribution in [2.75, 3.05) is 0 Å². The highest BCUT2D eigenvalue weighted by Crippen LogP contribution is 2.20. The SMILES string of the molecule is Cc1cc2ncn(C[C@H](O)Cn3c(C)nc4ccccc43)c2cc1C. The number of imidazole rings is 2. The lowest BCUT2D eigenvalue weighted by Gasteiger charge is -2.15. The standard InChI is InChI=1S/C20H22N4O/c1-13-8-18-20(9-14(13)2)23(12-21-18)10-16(25)11-24-15(3)22-17-6-4-5-7-19(17)24/h4-9,12,16,25H,10-11H2,1-3H3/t16-/m0/s1. The Balaban J connectivity index is 1.61. The number of aromatic nitrogens is 4. The minimum atomic E-state index is -0.518. The van der Waals surface area contributed by atoms with E-state index in [2.05, 4.69) is 40.5 Å². The third kappa shape index (κ3) is 2.81. The van der Waals surface area contributed by atoms with E-state index in [1.165, 1.54) is 11.1 Å². The van der Waals surface area contributed by atoms with Crippen molar-refractivity contribution in [3.63, 3.8) is 0 Å². The number of aliphatic hydroxyl groups is 1. The molecule has 4 aromatic rings. The molecule has 0 saturated carbocycles. The summed E-state index contributed by atoms with van der Waals surface area (Å²) in [5.41, 5.74) is 6.53. The molecule has 2 heterocycles. The first kappa shape index (κ1) is 15.8. The summed E-state index contributed by atoms with van der Waals surface area (Å²) >= 11 is 0. The van der Waals surface area contributed by atoms with Crippen LogP contribution in [-0.2, 0) is 13.1 Å². The van der Waals surface area contributed by atoms with E-state index >= 15 is 0 Å². The molecule has 0 aliphatic heterocycles. The van der Waals surface area contributed by atoms with Crippen LogP contribution in [0.2, 0.25) is 0 Å². The highest BCUT2D eigenvalue weighted by atomic mass is 16.3. The summed E-state index contributed by atoms with van der Waals surface area (Å²) in [5, 5.41) is 10.7. The molecular formula is C20H22N4O. The molecule has 0 aliphatic rings. The van der Waals surface area contributed by atoms with Crippen molar-refractivity contribution in [3.8, 4) is 0 Å². The molecule has 128 valence electrons. The topological polar surface area (TPSA) is 55.9 Å². The van der Waals surface area contributed by atoms with Crippen molar-refractivity contribution in [2.24, 2.45) is 0 Å². The van der Waals surface area contributed by atoms with Crippen LogP contribution in [0.25, 0.3) is 22.1 Å². The number of aryl methyl sites for hydroxylation is 3. The Morgan fingerprint density at radius 3 is 2.56 bits per heavy atom. The van der Waals surface area contributed by atoms with Crippen molar-refractivity contribution in [1.29, 1.82) is 0 Å². The van der Waals surface area contributed by atoms with Crippen molar-refractivity contribution in [1.82, 2.24) is 19.1 Å². The second kappa shape index (κ2) is 6.01. The molecule has 25 heavy (non-hydrogen) atoms. The highest BCUT2D eigenvalue weighted by molar-refractivity contribution is 5.77. The van der Waals surface area contributed by atoms with Gasteiger partial charge in [-0.1, -0.05) is 12.1 Å². The lowest BCUT2D eigenvalue weighted by Crippen LogP contribution is -2.22. The maximum absolute atomic E-state index is 10.7. The van der Waals surface area contributed by atoms with Crippen LogP contribution in [-0.4, -0.2) is 30.3 Å². The molecule has 1 atom stereocenters. The Morgan fingerprint density at radius 2 is 1.72 bits per heavy atom. The van der Waals surface area contributed by atoms with Crippen LogP contribution in [0.1, 0.15) is 17.0 Å². The van der Waals surface area contributed by atoms with Crippen LogP contribution in [0.4, 0.5) is 0 Å². The van der Waals surface area contributed by atoms with E-state index in [1.807, 2.05) is 42.1 Å². The zero-order chi connectivity index (χ0) is 17.6. The van der Waals surface area contributed by atoms with Crippen LogP contribution < -0.4 is 0 Å². The van der Waals surface area contributed by atoms with E-state index < -0.39 is 6.10 Å². The molecular weight excluding hydrogens is 312 g/mol. The van der Waals surface area contributed by atoms with Gasteiger partial charge in [0.2, 0.25) is 0 Å². The van der Waals surface area contributed by atoms with Gasteiger partial charge in [0.1, 0.15) is 5.82 Å². The minimum Gasteiger partial charge on any atom is -0.389 e. The molecule has 0 spiro atoms. The molecule has 0 aliphatic carbocycles. The number of hydrogen-bond donors (Lipinski definition) is 1. The van der Waals surface area contributed by atoms with Gasteiger partial charge >= 0.3 is 0 Å². The smallest absolute Gasteiger partial charge is 0.106 e. The number of rotatable bonds is 4. The van der Waals surface area contributed by atoms with Gasteiger partial charge < -0.3 is 14.2 Å². The van der Waals surface area contributed by atoms with E-state index in [1.54, 1.807) is 0 Å². The fraction of sp³-hybridized carbons (Fsp3) is 0.300. The Morgan fingerprint density at radius 1 is 0.960 bits per heavy atom. The second-order valence-corrected chi connectivity index (χ2v) is 6.73. The van der Waals surface area contributed by atoms with Gasteiger partial charge in [-0.25, -0.2) is 9.97 Å². The Bertz CT molecular complexity index is 1060. The van der Waals surface area contributed by atoms with E-state index in [4.69, 9.17) is 0 Å². The summed E-state index contributed by atoms with van der Waals surface area (Å²) < 4.78 is 4.11. The summed E-state index contributed by atoms with van der Waals surface area (Å²) in [4.78, 5) is 9.04. The zero-order valence-electron chi connectivity index (χ0n) is 14.8. The van der Waals surface area contributed by atoms with E-state index in [0.717, 1.165) is 27.9 Å². The average molecular weight is 334 g/mol. The summed E-state index contributed by atoms with van der Waals surface area (Å²) in [6.45, 7) is 7.19. The summed E-state index contributed by atoms with van der Waals surface area (Å²) in [6.07, 6.45) is 1.29. The van der Waals surface area contributed by atoms with Crippen LogP contribution >= 0.6 is 0 Å². The molecule has 0 bridgehead atoms. The Labute approximate surface area is 146 Å². The number of para-hydroxylation sites is 2. The van der Waals surface area contributed by atoms with Crippen LogP contribution in [0, 0.1) is 20.8 Å². The van der Waals surface area contributed by atoms with Gasteiger partial charge in [0.15, 0.2) is 0 Å². The van der Waals surface area contributed by atoms with Crippen LogP contribution in [0.3, 0.4) is 0 Å². The maximum atomic E-state index is 10.7. The first-order valence-corrected chi connectivity index (χ1v) is 8.55. The molecule has 0 amide bonds. The molecule has 0 unspecified atom stereocenters. The quantitative estimate of drug-likeness (QED) is 0.622. The molecule has 0 saturated heterocycles. The molecule has 4 rings (SSSR count). The van der Waals surface area contributed by atoms with E-state index in [0.29, 0.717) is 13.1 Å². The zero-order valence-corrected chi connectivity index (χ0v) is 14.8. The lowest BCUT2D eigenvalue weighted by molar-refractivity contribution is 0.136. The van der Waals surface area contributed by atoms with Gasteiger partial charge in [0, 0.05) is 0 Å². The molecule has 5 nitrogen and oxygen atoms in total. The maximum Gasteiger partial charge on any atom is 0.106 e. The molecule has 5 heteroatoms. The summed E-state index contributed by atoms with van der Waals surface area (Å²) in [6, 6.07) is 12.3. The summed E-state index contributed by atoms with van der Waals surface area (Å²) in [5.74, 6) is 0.919. The number of benzene rings is 2. The first-order chi connectivity index (χ1) is 12.0. The van der Waals surface area contributed by atoms with Gasteiger partial charge in [0.25, 0.3) is 0 Å². The Hall–Kier alpha value is -2.66. The number of fused-ring (bicyclic) bond motifs is 2. The third-order valence-corrected chi connectivity index (χ3v) is 4.88. The summed E-state index contributed by atoms with van der Waals surface area (Å²) in [7, 11) is 0. The number of nitrogens with zero attached hydrogens (tertiary/aromatic N) is 4. The molecule has 1 N–H and O–H groups in total. The minimum absolute atomic E-state index is 0.505. The molecule has 2 aromatic carbocycles. The van der Waals surface area contributed by atoms with Gasteiger partial charge in [-0.05, 0) is 56.2 Å². The monoisotopic (exact) mass is 334 g/mol. The first-order valence-electron chi connectivity index (χ1n) is 8.55. The normalized spacial score (nSPS) is 13.0. The molecule has 2 aromatic heterocycles. The molecule has 0 fully saturated rings. The van der Waals surface area contributed by atoms with Crippen LogP contribution in [0.5, 0.6) is 0 Å². The largest absolute Gasteiger partial charge is 0.389 e. The lowest BCUT2D eigenvalue weighted by atomic mass is 10.1. The second-order valence-electron chi connectivity index (χ2n) is 6.73. The number of hydrogen-bond acceptors (Lipinski definition) is 3.